The van der Waals surface area contributed by atoms with Gasteiger partial charge in [-0.25, -0.2) is 0 Å². The van der Waals surface area contributed by atoms with Crippen LogP contribution >= 0.6 is 0 Å². The second-order valence-corrected chi connectivity index (χ2v) is 4.44. The number of nitro groups is 1. The number of rotatable bonds is 3. The van der Waals surface area contributed by atoms with Gasteiger partial charge in [-0.2, -0.15) is 0 Å². The predicted octanol–water partition coefficient (Wildman–Crippen LogP) is 3.88. The number of fused-ring (bicyclic) bond motifs is 1. The third-order valence-electron chi connectivity index (χ3n) is 3.16. The van der Waals surface area contributed by atoms with Crippen molar-refractivity contribution in [3.8, 4) is 5.69 Å². The first-order valence-corrected chi connectivity index (χ1v) is 6.22. The highest BCUT2D eigenvalue weighted by atomic mass is 16.6. The van der Waals surface area contributed by atoms with Gasteiger partial charge in [0.1, 0.15) is 0 Å². The molecule has 2 aromatic carbocycles. The van der Waals surface area contributed by atoms with Crippen molar-refractivity contribution in [3.63, 3.8) is 0 Å². The van der Waals surface area contributed by atoms with Crippen LogP contribution in [0.5, 0.6) is 0 Å². The van der Waals surface area contributed by atoms with Gasteiger partial charge in [0.25, 0.3) is 0 Å². The molecule has 0 spiro atoms. The van der Waals surface area contributed by atoms with Crippen LogP contribution in [-0.2, 0) is 0 Å². The zero-order valence-electron chi connectivity index (χ0n) is 10.6. The third-order valence-corrected chi connectivity index (χ3v) is 3.16. The summed E-state index contributed by atoms with van der Waals surface area (Å²) in [4.78, 5) is 9.97. The van der Waals surface area contributed by atoms with Crippen molar-refractivity contribution >= 4 is 16.8 Å². The molecule has 0 N–H and O–H groups in total. The SMILES string of the molecule is O=[N+]([O-])C=Cc1cccn1-c1ccc2ccccc2c1. The first kappa shape index (κ1) is 12.2. The maximum absolute atomic E-state index is 10.4. The van der Waals surface area contributed by atoms with Gasteiger partial charge >= 0.3 is 0 Å². The van der Waals surface area contributed by atoms with Gasteiger partial charge in [0.05, 0.1) is 10.6 Å². The number of hydrogen-bond acceptors (Lipinski definition) is 2. The van der Waals surface area contributed by atoms with Gasteiger partial charge in [-0.15, -0.1) is 0 Å². The number of aromatic nitrogens is 1. The molecule has 0 amide bonds. The van der Waals surface area contributed by atoms with E-state index in [1.165, 1.54) is 11.5 Å². The Bertz CT molecular complexity index is 803. The Morgan fingerprint density at radius 1 is 1.00 bits per heavy atom. The molecule has 3 rings (SSSR count). The van der Waals surface area contributed by atoms with E-state index in [9.17, 15) is 10.1 Å². The quantitative estimate of drug-likeness (QED) is 0.532. The van der Waals surface area contributed by atoms with Gasteiger partial charge in [-0.3, -0.25) is 10.1 Å². The summed E-state index contributed by atoms with van der Waals surface area (Å²) >= 11 is 0. The Kier molecular flexibility index (Phi) is 3.05. The van der Waals surface area contributed by atoms with E-state index in [0.717, 1.165) is 23.0 Å². The van der Waals surface area contributed by atoms with Crippen LogP contribution in [0.1, 0.15) is 5.69 Å². The summed E-state index contributed by atoms with van der Waals surface area (Å²) in [5, 5.41) is 12.7. The van der Waals surface area contributed by atoms with E-state index >= 15 is 0 Å². The monoisotopic (exact) mass is 264 g/mol. The molecule has 0 atom stereocenters. The standard InChI is InChI=1S/C16H12N2O2/c19-18(20)11-9-15-6-3-10-17(15)16-8-7-13-4-1-2-5-14(13)12-16/h1-12H. The van der Waals surface area contributed by atoms with Crippen LogP contribution in [0.15, 0.2) is 67.0 Å². The van der Waals surface area contributed by atoms with Crippen molar-refractivity contribution in [2.75, 3.05) is 0 Å². The van der Waals surface area contributed by atoms with Crippen molar-refractivity contribution in [2.45, 2.75) is 0 Å². The average molecular weight is 264 g/mol. The van der Waals surface area contributed by atoms with Crippen LogP contribution in [0.2, 0.25) is 0 Å². The molecule has 0 radical (unpaired) electrons. The molecule has 0 aliphatic rings. The lowest BCUT2D eigenvalue weighted by molar-refractivity contribution is -0.401. The third kappa shape index (κ3) is 2.31. The molecule has 0 aliphatic carbocycles. The molecule has 3 aromatic rings. The number of nitrogens with zero attached hydrogens (tertiary/aromatic N) is 2. The Labute approximate surface area is 115 Å². The molecule has 0 aliphatic heterocycles. The maximum atomic E-state index is 10.4. The zero-order valence-corrected chi connectivity index (χ0v) is 10.6. The lowest BCUT2D eigenvalue weighted by atomic mass is 10.1. The molecular formula is C16H12N2O2. The molecule has 4 heteroatoms. The maximum Gasteiger partial charge on any atom is 0.236 e. The second kappa shape index (κ2) is 5.01. The van der Waals surface area contributed by atoms with Gasteiger partial charge in [-0.1, -0.05) is 30.3 Å². The topological polar surface area (TPSA) is 48.1 Å². The average Bonchev–Trinajstić information content (AvgIpc) is 2.93. The highest BCUT2D eigenvalue weighted by molar-refractivity contribution is 5.84. The lowest BCUT2D eigenvalue weighted by Crippen LogP contribution is -1.95. The minimum Gasteiger partial charge on any atom is -0.317 e. The van der Waals surface area contributed by atoms with E-state index in [2.05, 4.69) is 18.2 Å². The number of benzene rings is 2. The van der Waals surface area contributed by atoms with Crippen LogP contribution < -0.4 is 0 Å². The van der Waals surface area contributed by atoms with E-state index in [1.807, 2.05) is 47.2 Å². The molecule has 4 nitrogen and oxygen atoms in total. The van der Waals surface area contributed by atoms with Gasteiger partial charge in [0.15, 0.2) is 0 Å². The molecule has 0 saturated heterocycles. The Hall–Kier alpha value is -2.88. The molecule has 0 saturated carbocycles. The summed E-state index contributed by atoms with van der Waals surface area (Å²) < 4.78 is 1.92. The second-order valence-electron chi connectivity index (χ2n) is 4.44. The van der Waals surface area contributed by atoms with Crippen molar-refractivity contribution in [3.05, 3.63) is 82.8 Å². The summed E-state index contributed by atoms with van der Waals surface area (Å²) in [5.41, 5.74) is 1.76. The van der Waals surface area contributed by atoms with Crippen LogP contribution in [0.4, 0.5) is 0 Å². The van der Waals surface area contributed by atoms with Crippen molar-refractivity contribution in [2.24, 2.45) is 0 Å². The molecule has 20 heavy (non-hydrogen) atoms. The van der Waals surface area contributed by atoms with Crippen LogP contribution in [0.25, 0.3) is 22.5 Å². The Morgan fingerprint density at radius 2 is 1.80 bits per heavy atom. The van der Waals surface area contributed by atoms with E-state index in [4.69, 9.17) is 0 Å². The predicted molar refractivity (Wildman–Crippen MR) is 79.3 cm³/mol. The minimum absolute atomic E-state index is 0.461. The first-order chi connectivity index (χ1) is 9.74. The largest absolute Gasteiger partial charge is 0.317 e. The van der Waals surface area contributed by atoms with Crippen LogP contribution in [0.3, 0.4) is 0 Å². The smallest absolute Gasteiger partial charge is 0.236 e. The van der Waals surface area contributed by atoms with Crippen molar-refractivity contribution in [1.29, 1.82) is 0 Å². The molecule has 98 valence electrons. The van der Waals surface area contributed by atoms with Crippen molar-refractivity contribution < 1.29 is 4.92 Å². The summed E-state index contributed by atoms with van der Waals surface area (Å²) in [6.45, 7) is 0. The fourth-order valence-electron chi connectivity index (χ4n) is 2.23. The van der Waals surface area contributed by atoms with E-state index in [1.54, 1.807) is 0 Å². The van der Waals surface area contributed by atoms with E-state index < -0.39 is 4.92 Å². The Balaban J connectivity index is 2.07. The molecule has 0 fully saturated rings. The molecule has 1 aromatic heterocycles. The van der Waals surface area contributed by atoms with E-state index in [-0.39, 0.29) is 0 Å². The highest BCUT2D eigenvalue weighted by Gasteiger charge is 2.03. The first-order valence-electron chi connectivity index (χ1n) is 6.22. The Morgan fingerprint density at radius 3 is 2.60 bits per heavy atom. The summed E-state index contributed by atoms with van der Waals surface area (Å²) in [7, 11) is 0. The molecule has 1 heterocycles. The van der Waals surface area contributed by atoms with Crippen LogP contribution in [0, 0.1) is 10.1 Å². The summed E-state index contributed by atoms with van der Waals surface area (Å²) in [6, 6.07) is 17.9. The van der Waals surface area contributed by atoms with Gasteiger partial charge in [0, 0.05) is 18.0 Å². The van der Waals surface area contributed by atoms with Crippen molar-refractivity contribution in [1.82, 2.24) is 4.57 Å². The number of hydrogen-bond donors (Lipinski definition) is 0. The van der Waals surface area contributed by atoms with E-state index in [0.29, 0.717) is 0 Å². The summed E-state index contributed by atoms with van der Waals surface area (Å²) in [6.07, 6.45) is 4.34. The zero-order chi connectivity index (χ0) is 13.9. The fraction of sp³-hybridized carbons (Fsp3) is 0. The van der Waals surface area contributed by atoms with Crippen LogP contribution in [-0.4, -0.2) is 9.49 Å². The normalized spacial score (nSPS) is 11.2. The lowest BCUT2D eigenvalue weighted by Gasteiger charge is -2.07. The highest BCUT2D eigenvalue weighted by Crippen LogP contribution is 2.20. The molecule has 0 unspecified atom stereocenters. The summed E-state index contributed by atoms with van der Waals surface area (Å²) in [5.74, 6) is 0. The van der Waals surface area contributed by atoms with Gasteiger partial charge in [0.2, 0.25) is 6.20 Å². The minimum atomic E-state index is -0.461. The molecule has 0 bridgehead atoms. The van der Waals surface area contributed by atoms with Gasteiger partial charge in [-0.05, 0) is 35.0 Å². The van der Waals surface area contributed by atoms with Gasteiger partial charge < -0.3 is 4.57 Å². The fourth-order valence-corrected chi connectivity index (χ4v) is 2.23. The molecular weight excluding hydrogens is 252 g/mol.